The second kappa shape index (κ2) is 5.63. The van der Waals surface area contributed by atoms with Crippen molar-refractivity contribution in [1.82, 2.24) is 0 Å². The zero-order valence-electron chi connectivity index (χ0n) is 7.75. The molecule has 1 heterocycles. The van der Waals surface area contributed by atoms with Crippen LogP contribution >= 0.6 is 0 Å². The van der Waals surface area contributed by atoms with Crippen molar-refractivity contribution < 1.29 is 24.8 Å². The average Bonchev–Trinajstić information content (AvgIpc) is 2.12. The van der Waals surface area contributed by atoms with Gasteiger partial charge in [0.15, 0.2) is 0 Å². The molecule has 1 aliphatic rings. The van der Waals surface area contributed by atoms with Crippen molar-refractivity contribution in [2.45, 2.75) is 44.9 Å². The normalized spacial score (nSPS) is 43.1. The summed E-state index contributed by atoms with van der Waals surface area (Å²) in [7, 11) is 1.41. The van der Waals surface area contributed by atoms with Gasteiger partial charge < -0.3 is 24.8 Å². The number of methoxy groups -OCH3 is 1. The van der Waals surface area contributed by atoms with Crippen LogP contribution in [0.15, 0.2) is 0 Å². The molecule has 0 aliphatic carbocycles. The third-order valence-electron chi connectivity index (χ3n) is 2.38. The predicted molar refractivity (Wildman–Crippen MR) is 51.0 cm³/mol. The number of hydrogen-bond donors (Lipinski definition) is 3. The molecular weight excluding hydrogens is 188 g/mol. The quantitative estimate of drug-likeness (QED) is 0.550. The number of aliphatic hydroxyl groups excluding tert-OH is 3. The van der Waals surface area contributed by atoms with Crippen molar-refractivity contribution >= 4 is 0 Å². The fourth-order valence-electron chi connectivity index (χ4n) is 1.55. The van der Waals surface area contributed by atoms with E-state index in [0.717, 1.165) is 0 Å². The summed E-state index contributed by atoms with van der Waals surface area (Å²) in [6.07, 6.45) is -3.65. The highest BCUT2D eigenvalue weighted by Gasteiger charge is 2.42. The van der Waals surface area contributed by atoms with Gasteiger partial charge in [-0.2, -0.15) is 0 Å². The molecule has 0 spiro atoms. The fourth-order valence-corrected chi connectivity index (χ4v) is 1.55. The Morgan fingerprint density at radius 3 is 2.29 bits per heavy atom. The maximum atomic E-state index is 9.55. The number of rotatable bonds is 2. The smallest absolute Gasteiger partial charge is 0.114 e. The van der Waals surface area contributed by atoms with Gasteiger partial charge in [-0.05, 0) is 6.92 Å². The number of aliphatic hydroxyl groups is 3. The van der Waals surface area contributed by atoms with Crippen LogP contribution in [0.1, 0.15) is 14.4 Å². The molecule has 1 rings (SSSR count). The largest absolute Gasteiger partial charge is 0.394 e. The maximum absolute atomic E-state index is 9.55. The van der Waals surface area contributed by atoms with E-state index < -0.39 is 30.5 Å². The van der Waals surface area contributed by atoms with Gasteiger partial charge in [0.25, 0.3) is 0 Å². The second-order valence-corrected chi connectivity index (χ2v) is 3.24. The minimum Gasteiger partial charge on any atom is -0.394 e. The van der Waals surface area contributed by atoms with E-state index in [-0.39, 0.29) is 14.0 Å². The molecule has 1 saturated heterocycles. The van der Waals surface area contributed by atoms with Crippen LogP contribution in [0.3, 0.4) is 0 Å². The van der Waals surface area contributed by atoms with Crippen LogP contribution in [-0.4, -0.2) is 59.6 Å². The molecule has 1 fully saturated rings. The van der Waals surface area contributed by atoms with E-state index in [9.17, 15) is 10.2 Å². The molecule has 0 amide bonds. The minimum atomic E-state index is -0.985. The molecule has 86 valence electrons. The van der Waals surface area contributed by atoms with E-state index in [1.165, 1.54) is 7.11 Å². The molecule has 0 aromatic rings. The van der Waals surface area contributed by atoms with Gasteiger partial charge in [0, 0.05) is 7.11 Å². The van der Waals surface area contributed by atoms with Gasteiger partial charge in [-0.1, -0.05) is 7.43 Å². The van der Waals surface area contributed by atoms with Crippen LogP contribution in [0.2, 0.25) is 0 Å². The summed E-state index contributed by atoms with van der Waals surface area (Å²) >= 11 is 0. The lowest BCUT2D eigenvalue weighted by Gasteiger charge is -2.40. The summed E-state index contributed by atoms with van der Waals surface area (Å²) in [5.74, 6) is 0. The number of ether oxygens (including phenoxy) is 2. The third-order valence-corrected chi connectivity index (χ3v) is 2.38. The molecule has 0 radical (unpaired) electrons. The summed E-state index contributed by atoms with van der Waals surface area (Å²) in [5, 5.41) is 27.9. The minimum absolute atomic E-state index is 0. The lowest BCUT2D eigenvalue weighted by molar-refractivity contribution is -0.231. The Morgan fingerprint density at radius 1 is 1.29 bits per heavy atom. The van der Waals surface area contributed by atoms with Crippen LogP contribution < -0.4 is 0 Å². The Hall–Kier alpha value is -0.200. The molecule has 14 heavy (non-hydrogen) atoms. The Balaban J connectivity index is 0.00000169. The first-order valence-electron chi connectivity index (χ1n) is 4.27. The van der Waals surface area contributed by atoms with Crippen LogP contribution in [0, 0.1) is 0 Å². The predicted octanol–water partition coefficient (Wildman–Crippen LogP) is -0.861. The molecule has 0 aromatic carbocycles. The van der Waals surface area contributed by atoms with Crippen molar-refractivity contribution in [3.05, 3.63) is 0 Å². The lowest BCUT2D eigenvalue weighted by atomic mass is 9.96. The monoisotopic (exact) mass is 208 g/mol. The molecular formula is C9H20O5. The third kappa shape index (κ3) is 2.43. The molecule has 5 unspecified atom stereocenters. The van der Waals surface area contributed by atoms with E-state index in [1.54, 1.807) is 6.92 Å². The van der Waals surface area contributed by atoms with Gasteiger partial charge >= 0.3 is 0 Å². The Morgan fingerprint density at radius 2 is 1.86 bits per heavy atom. The molecule has 5 heteroatoms. The molecule has 0 saturated carbocycles. The standard InChI is InChI=1S/C8H16O5.CH4/c1-4-6(10)8(12-2)7(11)5(3-9)13-4;/h4-11H,3H2,1-2H3;1H4. The van der Waals surface area contributed by atoms with E-state index in [4.69, 9.17) is 14.6 Å². The molecule has 0 aromatic heterocycles. The van der Waals surface area contributed by atoms with Crippen molar-refractivity contribution in [2.24, 2.45) is 0 Å². The lowest BCUT2D eigenvalue weighted by Crippen LogP contribution is -2.58. The van der Waals surface area contributed by atoms with Crippen LogP contribution in [0.5, 0.6) is 0 Å². The van der Waals surface area contributed by atoms with Crippen molar-refractivity contribution in [1.29, 1.82) is 0 Å². The SMILES string of the molecule is C.COC1C(O)C(C)OC(CO)C1O. The van der Waals surface area contributed by atoms with E-state index in [2.05, 4.69) is 0 Å². The van der Waals surface area contributed by atoms with Crippen LogP contribution in [0.25, 0.3) is 0 Å². The first kappa shape index (κ1) is 13.8. The summed E-state index contributed by atoms with van der Waals surface area (Å²) in [5.41, 5.74) is 0. The Bertz CT molecular complexity index is 163. The molecule has 5 nitrogen and oxygen atoms in total. The molecule has 5 atom stereocenters. The summed E-state index contributed by atoms with van der Waals surface area (Å²) < 4.78 is 10.1. The first-order chi connectivity index (χ1) is 6.11. The summed E-state index contributed by atoms with van der Waals surface area (Å²) in [6.45, 7) is 1.39. The fraction of sp³-hybridized carbons (Fsp3) is 1.00. The molecule has 0 bridgehead atoms. The summed E-state index contributed by atoms with van der Waals surface area (Å²) in [6, 6.07) is 0. The van der Waals surface area contributed by atoms with Gasteiger partial charge in [0.1, 0.15) is 24.4 Å². The van der Waals surface area contributed by atoms with E-state index in [1.807, 2.05) is 0 Å². The van der Waals surface area contributed by atoms with E-state index in [0.29, 0.717) is 0 Å². The van der Waals surface area contributed by atoms with Crippen molar-refractivity contribution in [3.8, 4) is 0 Å². The average molecular weight is 208 g/mol. The van der Waals surface area contributed by atoms with Crippen molar-refractivity contribution in [3.63, 3.8) is 0 Å². The highest BCUT2D eigenvalue weighted by atomic mass is 16.6. The molecule has 3 N–H and O–H groups in total. The first-order valence-corrected chi connectivity index (χ1v) is 4.27. The highest BCUT2D eigenvalue weighted by molar-refractivity contribution is 4.91. The van der Waals surface area contributed by atoms with Gasteiger partial charge in [-0.15, -0.1) is 0 Å². The van der Waals surface area contributed by atoms with Crippen LogP contribution in [-0.2, 0) is 9.47 Å². The topological polar surface area (TPSA) is 79.2 Å². The van der Waals surface area contributed by atoms with Gasteiger partial charge in [0.05, 0.1) is 12.7 Å². The second-order valence-electron chi connectivity index (χ2n) is 3.24. The molecule has 1 aliphatic heterocycles. The zero-order chi connectivity index (χ0) is 10.0. The number of hydrogen-bond acceptors (Lipinski definition) is 5. The Kier molecular flexibility index (Phi) is 5.54. The zero-order valence-corrected chi connectivity index (χ0v) is 7.75. The van der Waals surface area contributed by atoms with Gasteiger partial charge in [-0.3, -0.25) is 0 Å². The van der Waals surface area contributed by atoms with Gasteiger partial charge in [-0.25, -0.2) is 0 Å². The van der Waals surface area contributed by atoms with Crippen LogP contribution in [0.4, 0.5) is 0 Å². The summed E-state index contributed by atoms with van der Waals surface area (Å²) in [4.78, 5) is 0. The Labute approximate surface area is 84.3 Å². The van der Waals surface area contributed by atoms with E-state index >= 15 is 0 Å². The highest BCUT2D eigenvalue weighted by Crippen LogP contribution is 2.22. The maximum Gasteiger partial charge on any atom is 0.114 e. The van der Waals surface area contributed by atoms with Crippen molar-refractivity contribution in [2.75, 3.05) is 13.7 Å². The van der Waals surface area contributed by atoms with Gasteiger partial charge in [0.2, 0.25) is 0 Å².